The van der Waals surface area contributed by atoms with Gasteiger partial charge in [-0.3, -0.25) is 9.59 Å². The van der Waals surface area contributed by atoms with E-state index in [2.05, 4.69) is 119 Å². The summed E-state index contributed by atoms with van der Waals surface area (Å²) < 4.78 is 1.02. The number of unbranched alkanes of at least 4 members (excludes halogenated alkanes) is 15. The first-order valence-corrected chi connectivity index (χ1v) is 31.0. The summed E-state index contributed by atoms with van der Waals surface area (Å²) in [6.07, 6.45) is 28.1. The van der Waals surface area contributed by atoms with E-state index in [1.807, 2.05) is 22.7 Å². The van der Waals surface area contributed by atoms with Gasteiger partial charge in [-0.05, 0) is 113 Å². The van der Waals surface area contributed by atoms with Crippen LogP contribution in [0.2, 0.25) is 0 Å². The number of fused-ring (bicyclic) bond motifs is 1. The van der Waals surface area contributed by atoms with Crippen molar-refractivity contribution in [2.75, 3.05) is 13.1 Å². The first-order chi connectivity index (χ1) is 32.8. The Balaban J connectivity index is 1.25. The van der Waals surface area contributed by atoms with Gasteiger partial charge in [-0.15, -0.1) is 56.7 Å². The van der Waals surface area contributed by atoms with E-state index >= 15 is 9.59 Å². The summed E-state index contributed by atoms with van der Waals surface area (Å²) in [5, 5.41) is 2.14. The van der Waals surface area contributed by atoms with Crippen molar-refractivity contribution < 1.29 is 9.59 Å². The number of hydrogen-bond donors (Lipinski definition) is 0. The Morgan fingerprint density at radius 1 is 0.418 bits per heavy atom. The predicted molar refractivity (Wildman–Crippen MR) is 299 cm³/mol. The molecule has 10 heteroatoms. The van der Waals surface area contributed by atoms with Gasteiger partial charge in [0.05, 0.1) is 36.1 Å². The van der Waals surface area contributed by atoms with Crippen LogP contribution in [0.3, 0.4) is 0 Å². The van der Waals surface area contributed by atoms with Crippen LogP contribution in [-0.2, 0) is 9.59 Å². The minimum atomic E-state index is 0.0212. The number of amides is 2. The van der Waals surface area contributed by atoms with Crippen molar-refractivity contribution in [3.8, 4) is 29.3 Å². The maximum absolute atomic E-state index is 15.6. The normalized spacial score (nSPS) is 15.0. The average Bonchev–Trinajstić information content (AvgIpc) is 4.20. The van der Waals surface area contributed by atoms with Crippen LogP contribution in [0.4, 0.5) is 0 Å². The maximum atomic E-state index is 15.6. The van der Waals surface area contributed by atoms with Crippen LogP contribution < -0.4 is 0 Å². The molecular weight excluding hydrogens is 985 g/mol. The van der Waals surface area contributed by atoms with Crippen molar-refractivity contribution in [3.63, 3.8) is 0 Å². The third-order valence-electron chi connectivity index (χ3n) is 13.8. The zero-order valence-corrected chi connectivity index (χ0v) is 46.5. The summed E-state index contributed by atoms with van der Waals surface area (Å²) in [6.45, 7) is 10.5. The van der Waals surface area contributed by atoms with Gasteiger partial charge < -0.3 is 9.80 Å². The number of nitrogens with zero attached hydrogens (tertiary/aromatic N) is 2. The monoisotopic (exact) mass is 1060 g/mol. The molecule has 5 aromatic heterocycles. The van der Waals surface area contributed by atoms with E-state index in [4.69, 9.17) is 0 Å². The van der Waals surface area contributed by atoms with Crippen molar-refractivity contribution in [3.05, 3.63) is 90.7 Å². The SMILES string of the molecule is CCCCCCCCC(CCCCCC)CN1C(=O)C2=C(c3ccc(-c4ccc(-c5ccc(-c6cccs6)s5)s4)s3)N(CC(CCCCCC)CCCCCCC)C(=O)C2=C1c1ccc(Br)s1. The average molecular weight is 1060 g/mol. The van der Waals surface area contributed by atoms with Crippen LogP contribution in [0.25, 0.3) is 40.7 Å². The number of carbonyl (C=O) groups is 2. The van der Waals surface area contributed by atoms with Crippen molar-refractivity contribution in [2.24, 2.45) is 11.8 Å². The number of hydrogen-bond acceptors (Lipinski definition) is 7. The maximum Gasteiger partial charge on any atom is 0.261 e. The van der Waals surface area contributed by atoms with Gasteiger partial charge in [0.25, 0.3) is 11.8 Å². The van der Waals surface area contributed by atoms with Crippen molar-refractivity contribution >= 4 is 95.8 Å². The van der Waals surface area contributed by atoms with Gasteiger partial charge in [0.2, 0.25) is 0 Å². The summed E-state index contributed by atoms with van der Waals surface area (Å²) >= 11 is 12.6. The number of halogens is 1. The highest BCUT2D eigenvalue weighted by Crippen LogP contribution is 2.51. The van der Waals surface area contributed by atoms with E-state index < -0.39 is 0 Å². The van der Waals surface area contributed by atoms with E-state index in [0.29, 0.717) is 36.1 Å². The molecule has 7 rings (SSSR count). The molecule has 5 aromatic rings. The largest absolute Gasteiger partial charge is 0.306 e. The zero-order valence-electron chi connectivity index (χ0n) is 40.8. The minimum Gasteiger partial charge on any atom is -0.306 e. The molecule has 2 aliphatic rings. The van der Waals surface area contributed by atoms with Crippen LogP contribution in [-0.4, -0.2) is 34.7 Å². The Morgan fingerprint density at radius 3 is 1.15 bits per heavy atom. The molecule has 0 bridgehead atoms. The lowest BCUT2D eigenvalue weighted by atomic mass is 9.93. The molecule has 0 radical (unpaired) electrons. The standard InChI is InChI=1S/C57H75BrN2O2S5/c1-5-9-13-17-19-23-28-42(26-21-16-12-8-4)40-60-55(50-36-37-51(58)67-50)53-52(56(60)61)54(59(57(53)62)39-41(25-20-15-11-7-3)27-22-18-14-10-6-2)49-35-34-48(66-49)47-33-32-46(65-47)45-31-30-44(64-45)43-29-24-38-63-43/h24,29-38,41-42H,5-23,25-28,39-40H2,1-4H3. The molecule has 0 aliphatic carbocycles. The van der Waals surface area contributed by atoms with Gasteiger partial charge in [0.15, 0.2) is 0 Å². The Labute approximate surface area is 432 Å². The fourth-order valence-electron chi connectivity index (χ4n) is 10.1. The Hall–Kier alpha value is -2.60. The third-order valence-corrected chi connectivity index (χ3v) is 20.1. The highest BCUT2D eigenvalue weighted by Gasteiger charge is 2.50. The van der Waals surface area contributed by atoms with E-state index in [9.17, 15) is 0 Å². The second kappa shape index (κ2) is 27.1. The molecule has 0 saturated heterocycles. The van der Waals surface area contributed by atoms with Crippen molar-refractivity contribution in [1.82, 2.24) is 9.80 Å². The van der Waals surface area contributed by atoms with E-state index in [1.165, 1.54) is 151 Å². The van der Waals surface area contributed by atoms with Crippen molar-refractivity contribution in [1.29, 1.82) is 0 Å². The minimum absolute atomic E-state index is 0.0212. The highest BCUT2D eigenvalue weighted by atomic mass is 79.9. The lowest BCUT2D eigenvalue weighted by molar-refractivity contribution is -0.124. The third kappa shape index (κ3) is 13.8. The number of carbonyl (C=O) groups excluding carboxylic acids is 2. The summed E-state index contributed by atoms with van der Waals surface area (Å²) in [6, 6.07) is 22.0. The first-order valence-electron chi connectivity index (χ1n) is 26.1. The Bertz CT molecular complexity index is 2360. The summed E-state index contributed by atoms with van der Waals surface area (Å²) in [5.74, 6) is 0.824. The molecule has 7 heterocycles. The molecule has 4 nitrogen and oxygen atoms in total. The fraction of sp³-hybridized carbons (Fsp3) is 0.544. The van der Waals surface area contributed by atoms with Crippen LogP contribution in [0, 0.1) is 11.8 Å². The fourth-order valence-corrected chi connectivity index (χ4v) is 15.6. The number of rotatable bonds is 32. The molecule has 0 aromatic carbocycles. The van der Waals surface area contributed by atoms with Crippen molar-refractivity contribution in [2.45, 2.75) is 175 Å². The predicted octanol–water partition coefficient (Wildman–Crippen LogP) is 19.8. The Morgan fingerprint density at radius 2 is 0.761 bits per heavy atom. The van der Waals surface area contributed by atoms with E-state index in [1.54, 1.807) is 34.0 Å². The molecule has 2 atom stereocenters. The second-order valence-corrected chi connectivity index (χ2v) is 25.7. The molecule has 0 saturated carbocycles. The van der Waals surface area contributed by atoms with Gasteiger partial charge in [0, 0.05) is 42.4 Å². The van der Waals surface area contributed by atoms with Crippen LogP contribution in [0.15, 0.2) is 81.0 Å². The highest BCUT2D eigenvalue weighted by molar-refractivity contribution is 9.11. The van der Waals surface area contributed by atoms with Gasteiger partial charge in [-0.2, -0.15) is 0 Å². The second-order valence-electron chi connectivity index (χ2n) is 19.0. The molecule has 0 N–H and O–H groups in total. The first kappa shape index (κ1) is 52.2. The quantitative estimate of drug-likeness (QED) is 0.0403. The van der Waals surface area contributed by atoms with Crippen LogP contribution in [0.1, 0.15) is 185 Å². The smallest absolute Gasteiger partial charge is 0.261 e. The summed E-state index contributed by atoms with van der Waals surface area (Å²) in [5.41, 5.74) is 2.98. The molecule has 0 fully saturated rings. The van der Waals surface area contributed by atoms with Crippen LogP contribution in [0.5, 0.6) is 0 Å². The van der Waals surface area contributed by atoms with Gasteiger partial charge in [-0.1, -0.05) is 156 Å². The summed E-state index contributed by atoms with van der Waals surface area (Å²) in [4.78, 5) is 44.9. The topological polar surface area (TPSA) is 40.6 Å². The Kier molecular flexibility index (Phi) is 21.1. The lowest BCUT2D eigenvalue weighted by Gasteiger charge is -2.29. The molecular formula is C57H75BrN2O2S5. The summed E-state index contributed by atoms with van der Waals surface area (Å²) in [7, 11) is 0. The molecule has 2 aliphatic heterocycles. The van der Waals surface area contributed by atoms with Crippen LogP contribution >= 0.6 is 72.6 Å². The molecule has 2 unspecified atom stereocenters. The van der Waals surface area contributed by atoms with E-state index in [0.717, 1.165) is 50.6 Å². The molecule has 362 valence electrons. The molecule has 67 heavy (non-hydrogen) atoms. The van der Waals surface area contributed by atoms with Gasteiger partial charge >= 0.3 is 0 Å². The molecule has 0 spiro atoms. The zero-order chi connectivity index (χ0) is 47.0. The van der Waals surface area contributed by atoms with Gasteiger partial charge in [0.1, 0.15) is 0 Å². The number of thiophene rings is 5. The van der Waals surface area contributed by atoms with Gasteiger partial charge in [-0.25, -0.2) is 0 Å². The van der Waals surface area contributed by atoms with E-state index in [-0.39, 0.29) is 11.8 Å². The lowest BCUT2D eigenvalue weighted by Crippen LogP contribution is -2.34. The molecule has 2 amide bonds.